The number of ether oxygens (including phenoxy) is 1. The van der Waals surface area contributed by atoms with E-state index in [4.69, 9.17) is 10.2 Å². The Kier molecular flexibility index (Phi) is 2.69. The van der Waals surface area contributed by atoms with Gasteiger partial charge in [-0.1, -0.05) is 0 Å². The molecule has 0 saturated heterocycles. The number of aromatic nitrogens is 1. The Balaban J connectivity index is 2.90. The summed E-state index contributed by atoms with van der Waals surface area (Å²) in [6.45, 7) is 1.90. The van der Waals surface area contributed by atoms with E-state index in [1.54, 1.807) is 6.92 Å². The van der Waals surface area contributed by atoms with E-state index in [2.05, 4.69) is 9.72 Å². The van der Waals surface area contributed by atoms with Gasteiger partial charge in [-0.3, -0.25) is 0 Å². The van der Waals surface area contributed by atoms with Gasteiger partial charge in [-0.05, 0) is 6.92 Å². The number of pyridine rings is 1. The molecule has 1 rings (SSSR count). The predicted molar refractivity (Wildman–Crippen MR) is 43.5 cm³/mol. The highest BCUT2D eigenvalue weighted by atomic mass is 16.5. The number of carbonyl (C=O) groups excluding carboxylic acids is 1. The van der Waals surface area contributed by atoms with E-state index in [0.717, 1.165) is 12.3 Å². The summed E-state index contributed by atoms with van der Waals surface area (Å²) in [7, 11) is 0. The summed E-state index contributed by atoms with van der Waals surface area (Å²) in [5, 5.41) is 17.9. The average Bonchev–Trinajstić information content (AvgIpc) is 2.10. The lowest BCUT2D eigenvalue weighted by Crippen LogP contribution is -2.06. The van der Waals surface area contributed by atoms with Crippen molar-refractivity contribution in [2.75, 3.05) is 6.61 Å². The molecule has 0 atom stereocenters. The molecule has 1 aromatic heterocycles. The van der Waals surface area contributed by atoms with Gasteiger partial charge in [-0.15, -0.1) is 0 Å². The number of hydrogen-bond acceptors (Lipinski definition) is 5. The minimum absolute atomic E-state index is 0.0304. The minimum atomic E-state index is -0.627. The minimum Gasteiger partial charge on any atom is -0.504 e. The summed E-state index contributed by atoms with van der Waals surface area (Å²) < 4.78 is 4.63. The summed E-state index contributed by atoms with van der Waals surface area (Å²) in [5.74, 6) is -1.39. The molecule has 5 heteroatoms. The summed E-state index contributed by atoms with van der Waals surface area (Å²) in [6.07, 6.45) is 0.988. The Labute approximate surface area is 74.6 Å². The first-order valence-electron chi connectivity index (χ1n) is 3.70. The summed E-state index contributed by atoms with van der Waals surface area (Å²) >= 11 is 0. The number of nitrogens with zero attached hydrogens (tertiary/aromatic N) is 1. The number of rotatable bonds is 2. The molecule has 0 amide bonds. The fraction of sp³-hybridized carbons (Fsp3) is 0.250. The zero-order valence-electron chi connectivity index (χ0n) is 7.02. The van der Waals surface area contributed by atoms with Gasteiger partial charge in [0.05, 0.1) is 12.8 Å². The smallest absolute Gasteiger partial charge is 0.357 e. The topological polar surface area (TPSA) is 79.7 Å². The van der Waals surface area contributed by atoms with Crippen LogP contribution in [0.4, 0.5) is 0 Å². The second-order valence-corrected chi connectivity index (χ2v) is 2.28. The molecular formula is C8H9NO4. The van der Waals surface area contributed by atoms with Gasteiger partial charge in [-0.25, -0.2) is 9.78 Å². The van der Waals surface area contributed by atoms with Crippen LogP contribution in [-0.4, -0.2) is 27.8 Å². The predicted octanol–water partition coefficient (Wildman–Crippen LogP) is 0.669. The SMILES string of the molecule is CCOC(=O)c1cc(O)c(O)cn1. The van der Waals surface area contributed by atoms with Crippen LogP contribution < -0.4 is 0 Å². The molecule has 0 aromatic carbocycles. The third kappa shape index (κ3) is 2.08. The van der Waals surface area contributed by atoms with E-state index in [1.165, 1.54) is 0 Å². The molecule has 5 nitrogen and oxygen atoms in total. The molecule has 0 bridgehead atoms. The highest BCUT2D eigenvalue weighted by molar-refractivity contribution is 5.87. The van der Waals surface area contributed by atoms with E-state index in [9.17, 15) is 4.79 Å². The van der Waals surface area contributed by atoms with Crippen LogP contribution in [0.15, 0.2) is 12.3 Å². The number of carbonyl (C=O) groups is 1. The maximum atomic E-state index is 11.0. The molecule has 70 valence electrons. The van der Waals surface area contributed by atoms with Crippen LogP contribution in [0.1, 0.15) is 17.4 Å². The summed E-state index contributed by atoms with van der Waals surface area (Å²) in [5.41, 5.74) is -0.0304. The summed E-state index contributed by atoms with van der Waals surface area (Å²) in [6, 6.07) is 1.05. The summed E-state index contributed by atoms with van der Waals surface area (Å²) in [4.78, 5) is 14.6. The third-order valence-electron chi connectivity index (χ3n) is 1.35. The van der Waals surface area contributed by atoms with Crippen molar-refractivity contribution < 1.29 is 19.7 Å². The fourth-order valence-corrected chi connectivity index (χ4v) is 0.754. The molecule has 2 N–H and O–H groups in total. The van der Waals surface area contributed by atoms with Crippen molar-refractivity contribution in [3.8, 4) is 11.5 Å². The van der Waals surface area contributed by atoms with Crippen molar-refractivity contribution in [3.05, 3.63) is 18.0 Å². The molecule has 0 fully saturated rings. The molecule has 0 unspecified atom stereocenters. The van der Waals surface area contributed by atoms with Crippen molar-refractivity contribution in [3.63, 3.8) is 0 Å². The Bertz CT molecular complexity index is 324. The normalized spacial score (nSPS) is 9.62. The molecule has 0 spiro atoms. The molecule has 1 heterocycles. The van der Waals surface area contributed by atoms with E-state index in [-0.39, 0.29) is 18.1 Å². The highest BCUT2D eigenvalue weighted by Crippen LogP contribution is 2.22. The second kappa shape index (κ2) is 3.75. The number of hydrogen-bond donors (Lipinski definition) is 2. The Hall–Kier alpha value is -1.78. The van der Waals surface area contributed by atoms with Gasteiger partial charge >= 0.3 is 5.97 Å². The molecule has 13 heavy (non-hydrogen) atoms. The highest BCUT2D eigenvalue weighted by Gasteiger charge is 2.10. The van der Waals surface area contributed by atoms with E-state index >= 15 is 0 Å². The van der Waals surface area contributed by atoms with Crippen LogP contribution >= 0.6 is 0 Å². The zero-order chi connectivity index (χ0) is 9.84. The number of aromatic hydroxyl groups is 2. The number of esters is 1. The van der Waals surface area contributed by atoms with Crippen molar-refractivity contribution in [1.29, 1.82) is 0 Å². The van der Waals surface area contributed by atoms with Crippen LogP contribution in [0.2, 0.25) is 0 Å². The zero-order valence-corrected chi connectivity index (χ0v) is 7.02. The van der Waals surface area contributed by atoms with Gasteiger partial charge in [0.25, 0.3) is 0 Å². The molecular weight excluding hydrogens is 174 g/mol. The molecule has 1 aromatic rings. The molecule has 0 radical (unpaired) electrons. The Morgan fingerprint density at radius 3 is 2.77 bits per heavy atom. The van der Waals surface area contributed by atoms with E-state index < -0.39 is 11.7 Å². The lowest BCUT2D eigenvalue weighted by atomic mass is 10.3. The van der Waals surface area contributed by atoms with Crippen LogP contribution in [-0.2, 0) is 4.74 Å². The van der Waals surface area contributed by atoms with Gasteiger partial charge in [-0.2, -0.15) is 0 Å². The molecule has 0 saturated carbocycles. The second-order valence-electron chi connectivity index (χ2n) is 2.28. The first-order chi connectivity index (χ1) is 6.15. The van der Waals surface area contributed by atoms with Crippen LogP contribution in [0.3, 0.4) is 0 Å². The van der Waals surface area contributed by atoms with Crippen molar-refractivity contribution in [2.24, 2.45) is 0 Å². The monoisotopic (exact) mass is 183 g/mol. The third-order valence-corrected chi connectivity index (χ3v) is 1.35. The quantitative estimate of drug-likeness (QED) is 0.658. The fourth-order valence-electron chi connectivity index (χ4n) is 0.754. The maximum absolute atomic E-state index is 11.0. The van der Waals surface area contributed by atoms with E-state index in [1.807, 2.05) is 0 Å². The van der Waals surface area contributed by atoms with Gasteiger partial charge < -0.3 is 14.9 Å². The molecule has 0 aliphatic rings. The maximum Gasteiger partial charge on any atom is 0.357 e. The van der Waals surface area contributed by atoms with Gasteiger partial charge in [0.1, 0.15) is 0 Å². The molecule has 0 aliphatic heterocycles. The standard InChI is InChI=1S/C8H9NO4/c1-2-13-8(12)5-3-6(10)7(11)4-9-5/h3-4,11H,2H2,1H3,(H,9,10). The van der Waals surface area contributed by atoms with Crippen molar-refractivity contribution in [2.45, 2.75) is 6.92 Å². The van der Waals surface area contributed by atoms with Gasteiger partial charge in [0.2, 0.25) is 0 Å². The first kappa shape index (κ1) is 9.31. The van der Waals surface area contributed by atoms with Crippen LogP contribution in [0.25, 0.3) is 0 Å². The lowest BCUT2D eigenvalue weighted by Gasteiger charge is -2.01. The van der Waals surface area contributed by atoms with Gasteiger partial charge in [0, 0.05) is 6.07 Å². The Morgan fingerprint density at radius 2 is 2.23 bits per heavy atom. The van der Waals surface area contributed by atoms with Crippen LogP contribution in [0, 0.1) is 0 Å². The lowest BCUT2D eigenvalue weighted by molar-refractivity contribution is 0.0519. The van der Waals surface area contributed by atoms with Crippen LogP contribution in [0.5, 0.6) is 11.5 Å². The average molecular weight is 183 g/mol. The first-order valence-corrected chi connectivity index (χ1v) is 3.70. The largest absolute Gasteiger partial charge is 0.504 e. The molecule has 0 aliphatic carbocycles. The van der Waals surface area contributed by atoms with Crippen molar-refractivity contribution in [1.82, 2.24) is 4.98 Å². The van der Waals surface area contributed by atoms with Gasteiger partial charge in [0.15, 0.2) is 17.2 Å². The van der Waals surface area contributed by atoms with Crippen molar-refractivity contribution >= 4 is 5.97 Å². The van der Waals surface area contributed by atoms with E-state index in [0.29, 0.717) is 0 Å². The Morgan fingerprint density at radius 1 is 1.54 bits per heavy atom.